The molecule has 0 saturated heterocycles. The number of nitrogens with zero attached hydrogens (tertiary/aromatic N) is 1. The van der Waals surface area contributed by atoms with E-state index in [0.717, 1.165) is 5.56 Å². The van der Waals surface area contributed by atoms with Crippen molar-refractivity contribution in [3.05, 3.63) is 23.8 Å². The maximum atomic E-state index is 8.87. The molecule has 0 aliphatic carbocycles. The molecule has 0 N–H and O–H groups in total. The summed E-state index contributed by atoms with van der Waals surface area (Å²) in [7, 11) is 1.56. The third-order valence-corrected chi connectivity index (χ3v) is 2.49. The summed E-state index contributed by atoms with van der Waals surface area (Å²) in [5.41, 5.74) is 0.828. The highest BCUT2D eigenvalue weighted by molar-refractivity contribution is 6.17. The molecule has 0 amide bonds. The van der Waals surface area contributed by atoms with Crippen LogP contribution in [-0.4, -0.2) is 13.2 Å². The van der Waals surface area contributed by atoms with Gasteiger partial charge in [0.05, 0.1) is 13.0 Å². The second kappa shape index (κ2) is 6.24. The van der Waals surface area contributed by atoms with Crippen LogP contribution in [0.1, 0.15) is 18.9 Å². The van der Waals surface area contributed by atoms with E-state index in [1.54, 1.807) is 13.2 Å². The fourth-order valence-electron chi connectivity index (χ4n) is 1.30. The summed E-state index contributed by atoms with van der Waals surface area (Å²) < 4.78 is 10.8. The van der Waals surface area contributed by atoms with Crippen LogP contribution in [0.15, 0.2) is 18.2 Å². The van der Waals surface area contributed by atoms with E-state index in [-0.39, 0.29) is 0 Å². The first-order chi connectivity index (χ1) is 7.76. The van der Waals surface area contributed by atoms with Gasteiger partial charge in [0.1, 0.15) is 6.07 Å². The van der Waals surface area contributed by atoms with Crippen molar-refractivity contribution in [2.45, 2.75) is 25.3 Å². The Labute approximate surface area is 101 Å². The number of hydrogen-bond donors (Lipinski definition) is 0. The van der Waals surface area contributed by atoms with Gasteiger partial charge in [0.2, 0.25) is 0 Å². The zero-order valence-electron chi connectivity index (χ0n) is 9.37. The van der Waals surface area contributed by atoms with Crippen molar-refractivity contribution in [1.29, 1.82) is 5.26 Å². The average molecular weight is 240 g/mol. The van der Waals surface area contributed by atoms with Crippen LogP contribution in [0.25, 0.3) is 0 Å². The molecular formula is C12H14ClNO2. The topological polar surface area (TPSA) is 42.2 Å². The second-order valence-corrected chi connectivity index (χ2v) is 3.49. The van der Waals surface area contributed by atoms with Crippen LogP contribution in [0.3, 0.4) is 0 Å². The summed E-state index contributed by atoms with van der Waals surface area (Å²) >= 11 is 5.81. The number of halogens is 1. The first kappa shape index (κ1) is 12.7. The quantitative estimate of drug-likeness (QED) is 0.742. The van der Waals surface area contributed by atoms with E-state index in [1.807, 2.05) is 19.1 Å². The highest BCUT2D eigenvalue weighted by Crippen LogP contribution is 2.33. The minimum absolute atomic E-state index is 0.328. The number of para-hydroxylation sites is 1. The number of rotatable bonds is 5. The van der Waals surface area contributed by atoms with Crippen LogP contribution in [0.4, 0.5) is 0 Å². The Hall–Kier alpha value is -1.40. The Morgan fingerprint density at radius 1 is 1.50 bits per heavy atom. The standard InChI is InChI=1S/C12H14ClNO2/c1-3-10(8-14)16-12-9(7-13)5-4-6-11(12)15-2/h4-6,10H,3,7H2,1-2H3. The SMILES string of the molecule is CCC(C#N)Oc1c(CCl)cccc1OC. The molecule has 0 radical (unpaired) electrons. The summed E-state index contributed by atoms with van der Waals surface area (Å²) in [6.45, 7) is 1.89. The molecular weight excluding hydrogens is 226 g/mol. The van der Waals surface area contributed by atoms with Crippen molar-refractivity contribution in [2.24, 2.45) is 0 Å². The molecule has 1 rings (SSSR count). The Morgan fingerprint density at radius 2 is 2.25 bits per heavy atom. The van der Waals surface area contributed by atoms with Crippen molar-refractivity contribution in [3.63, 3.8) is 0 Å². The van der Waals surface area contributed by atoms with Gasteiger partial charge >= 0.3 is 0 Å². The molecule has 0 heterocycles. The van der Waals surface area contributed by atoms with Crippen molar-refractivity contribution < 1.29 is 9.47 Å². The average Bonchev–Trinajstić information content (AvgIpc) is 2.35. The zero-order chi connectivity index (χ0) is 12.0. The largest absolute Gasteiger partial charge is 0.493 e. The summed E-state index contributed by atoms with van der Waals surface area (Å²) in [6, 6.07) is 7.57. The van der Waals surface area contributed by atoms with Gasteiger partial charge in [-0.15, -0.1) is 11.6 Å². The summed E-state index contributed by atoms with van der Waals surface area (Å²) in [5.74, 6) is 1.49. The number of hydrogen-bond acceptors (Lipinski definition) is 3. The van der Waals surface area contributed by atoms with Crippen molar-refractivity contribution in [3.8, 4) is 17.6 Å². The predicted octanol–water partition coefficient (Wildman–Crippen LogP) is 3.11. The first-order valence-corrected chi connectivity index (χ1v) is 5.58. The monoisotopic (exact) mass is 239 g/mol. The molecule has 0 aliphatic rings. The van der Waals surface area contributed by atoms with E-state index in [1.165, 1.54) is 0 Å². The Balaban J connectivity index is 3.04. The van der Waals surface area contributed by atoms with Gasteiger partial charge in [-0.05, 0) is 12.5 Å². The van der Waals surface area contributed by atoms with E-state index in [9.17, 15) is 0 Å². The molecule has 0 aliphatic heterocycles. The first-order valence-electron chi connectivity index (χ1n) is 5.04. The molecule has 0 fully saturated rings. The molecule has 0 bridgehead atoms. The van der Waals surface area contributed by atoms with Crippen LogP contribution >= 0.6 is 11.6 Å². The predicted molar refractivity (Wildman–Crippen MR) is 62.9 cm³/mol. The maximum Gasteiger partial charge on any atom is 0.184 e. The molecule has 16 heavy (non-hydrogen) atoms. The van der Waals surface area contributed by atoms with Crippen molar-refractivity contribution in [1.82, 2.24) is 0 Å². The highest BCUT2D eigenvalue weighted by Gasteiger charge is 2.14. The number of ether oxygens (including phenoxy) is 2. The molecule has 1 atom stereocenters. The lowest BCUT2D eigenvalue weighted by Crippen LogP contribution is -2.13. The van der Waals surface area contributed by atoms with Crippen LogP contribution in [0.2, 0.25) is 0 Å². The molecule has 86 valence electrons. The fraction of sp³-hybridized carbons (Fsp3) is 0.417. The van der Waals surface area contributed by atoms with Gasteiger partial charge in [0.15, 0.2) is 17.6 Å². The number of nitriles is 1. The lowest BCUT2D eigenvalue weighted by molar-refractivity contribution is 0.237. The molecule has 1 unspecified atom stereocenters. The van der Waals surface area contributed by atoms with E-state index in [4.69, 9.17) is 26.3 Å². The lowest BCUT2D eigenvalue weighted by Gasteiger charge is -2.16. The van der Waals surface area contributed by atoms with Gasteiger partial charge in [0, 0.05) is 5.56 Å². The zero-order valence-corrected chi connectivity index (χ0v) is 10.1. The smallest absolute Gasteiger partial charge is 0.184 e. The molecule has 0 aromatic heterocycles. The number of benzene rings is 1. The highest BCUT2D eigenvalue weighted by atomic mass is 35.5. The molecule has 1 aromatic carbocycles. The van der Waals surface area contributed by atoms with E-state index < -0.39 is 6.10 Å². The number of alkyl halides is 1. The Kier molecular flexibility index (Phi) is 4.94. The van der Waals surface area contributed by atoms with Gasteiger partial charge in [-0.2, -0.15) is 5.26 Å². The number of methoxy groups -OCH3 is 1. The summed E-state index contributed by atoms with van der Waals surface area (Å²) in [4.78, 5) is 0. The maximum absolute atomic E-state index is 8.87. The van der Waals surface area contributed by atoms with E-state index >= 15 is 0 Å². The molecule has 0 saturated carbocycles. The molecule has 3 nitrogen and oxygen atoms in total. The Morgan fingerprint density at radius 3 is 2.75 bits per heavy atom. The fourth-order valence-corrected chi connectivity index (χ4v) is 1.51. The van der Waals surface area contributed by atoms with E-state index in [2.05, 4.69) is 6.07 Å². The van der Waals surface area contributed by atoms with Gasteiger partial charge in [-0.3, -0.25) is 0 Å². The van der Waals surface area contributed by atoms with Crippen molar-refractivity contribution >= 4 is 11.6 Å². The normalized spacial score (nSPS) is 11.6. The summed E-state index contributed by atoms with van der Waals surface area (Å²) in [6.07, 6.45) is 0.147. The lowest BCUT2D eigenvalue weighted by atomic mass is 10.2. The van der Waals surface area contributed by atoms with Crippen LogP contribution in [0.5, 0.6) is 11.5 Å². The minimum Gasteiger partial charge on any atom is -0.493 e. The molecule has 0 spiro atoms. The third-order valence-electron chi connectivity index (χ3n) is 2.20. The van der Waals surface area contributed by atoms with Crippen LogP contribution < -0.4 is 9.47 Å². The van der Waals surface area contributed by atoms with E-state index in [0.29, 0.717) is 23.8 Å². The van der Waals surface area contributed by atoms with Gasteiger partial charge in [-0.25, -0.2) is 0 Å². The second-order valence-electron chi connectivity index (χ2n) is 3.23. The van der Waals surface area contributed by atoms with Crippen molar-refractivity contribution in [2.75, 3.05) is 7.11 Å². The molecule has 1 aromatic rings. The third kappa shape index (κ3) is 2.80. The van der Waals surface area contributed by atoms with Gasteiger partial charge in [0.25, 0.3) is 0 Å². The Bertz CT molecular complexity index is 365. The molecule has 4 heteroatoms. The summed E-state index contributed by atoms with van der Waals surface area (Å²) in [5, 5.41) is 8.87. The van der Waals surface area contributed by atoms with Gasteiger partial charge in [-0.1, -0.05) is 19.1 Å². The minimum atomic E-state index is -0.474. The van der Waals surface area contributed by atoms with Crippen LogP contribution in [0, 0.1) is 11.3 Å². The van der Waals surface area contributed by atoms with Gasteiger partial charge < -0.3 is 9.47 Å². The van der Waals surface area contributed by atoms with Crippen LogP contribution in [-0.2, 0) is 5.88 Å².